The minimum atomic E-state index is 0.0416. The highest BCUT2D eigenvalue weighted by Gasteiger charge is 2.06. The van der Waals surface area contributed by atoms with Gasteiger partial charge in [-0.3, -0.25) is 9.78 Å². The van der Waals surface area contributed by atoms with Crippen molar-refractivity contribution in [3.63, 3.8) is 0 Å². The number of carbonyl (C=O) groups excluding carboxylic acids is 1. The quantitative estimate of drug-likeness (QED) is 0.750. The molecule has 0 saturated carbocycles. The molecular weight excluding hydrogens is 296 g/mol. The van der Waals surface area contributed by atoms with Gasteiger partial charge < -0.3 is 16.4 Å². The fourth-order valence-corrected chi connectivity index (χ4v) is 1.83. The van der Waals surface area contributed by atoms with Gasteiger partial charge in [0.2, 0.25) is 5.91 Å². The fourth-order valence-electron chi connectivity index (χ4n) is 1.34. The first kappa shape index (κ1) is 14.8. The Labute approximate surface area is 116 Å². The molecule has 6 heteroatoms. The minimum Gasteiger partial charge on any atom is -0.396 e. The summed E-state index contributed by atoms with van der Waals surface area (Å²) in [6, 6.07) is 0. The number of amides is 1. The normalized spacial score (nSPS) is 10.4. The van der Waals surface area contributed by atoms with Crippen LogP contribution in [0.15, 0.2) is 16.9 Å². The number of nitrogens with zero attached hydrogens (tertiary/aromatic N) is 1. The average molecular weight is 315 g/mol. The van der Waals surface area contributed by atoms with E-state index >= 15 is 0 Å². The summed E-state index contributed by atoms with van der Waals surface area (Å²) in [5.41, 5.74) is 7.12. The molecule has 1 aromatic heterocycles. The van der Waals surface area contributed by atoms with Crippen LogP contribution in [0.4, 0.5) is 11.4 Å². The van der Waals surface area contributed by atoms with Crippen LogP contribution in [0.1, 0.15) is 20.3 Å². The molecule has 18 heavy (non-hydrogen) atoms. The SMILES string of the molecule is CC(C)CNC(=O)CCNc1c(N)cncc1Br. The number of nitrogens with one attached hydrogen (secondary N) is 2. The van der Waals surface area contributed by atoms with E-state index in [-0.39, 0.29) is 5.91 Å². The molecule has 1 amide bonds. The maximum atomic E-state index is 11.5. The van der Waals surface area contributed by atoms with Crippen LogP contribution in [-0.4, -0.2) is 24.0 Å². The molecule has 0 unspecified atom stereocenters. The van der Waals surface area contributed by atoms with Gasteiger partial charge in [-0.2, -0.15) is 0 Å². The second-order valence-electron chi connectivity index (χ2n) is 4.46. The van der Waals surface area contributed by atoms with E-state index in [0.717, 1.165) is 10.2 Å². The van der Waals surface area contributed by atoms with E-state index in [4.69, 9.17) is 5.73 Å². The van der Waals surface area contributed by atoms with Crippen LogP contribution in [0, 0.1) is 5.92 Å². The molecule has 0 fully saturated rings. The van der Waals surface area contributed by atoms with Crippen LogP contribution in [0.3, 0.4) is 0 Å². The summed E-state index contributed by atoms with van der Waals surface area (Å²) in [7, 11) is 0. The Morgan fingerprint density at radius 3 is 2.83 bits per heavy atom. The molecule has 1 heterocycles. The third-order valence-electron chi connectivity index (χ3n) is 2.29. The van der Waals surface area contributed by atoms with Crippen molar-refractivity contribution in [2.75, 3.05) is 24.1 Å². The second-order valence-corrected chi connectivity index (χ2v) is 5.31. The van der Waals surface area contributed by atoms with Crippen molar-refractivity contribution < 1.29 is 4.79 Å². The van der Waals surface area contributed by atoms with E-state index < -0.39 is 0 Å². The first-order valence-corrected chi connectivity index (χ1v) is 6.69. The molecule has 5 nitrogen and oxygen atoms in total. The maximum Gasteiger partial charge on any atom is 0.221 e. The lowest BCUT2D eigenvalue weighted by Crippen LogP contribution is -2.28. The molecule has 0 atom stereocenters. The standard InChI is InChI=1S/C12H19BrN4O/c1-8(2)5-17-11(18)3-4-16-12-9(13)6-15-7-10(12)14/h6-8H,3-5,14H2,1-2H3,(H,15,16)(H,17,18). The molecule has 0 radical (unpaired) electrons. The number of rotatable bonds is 6. The number of nitrogen functional groups attached to an aromatic ring is 1. The van der Waals surface area contributed by atoms with Crippen LogP contribution in [-0.2, 0) is 4.79 Å². The molecule has 0 aliphatic carbocycles. The van der Waals surface area contributed by atoms with E-state index in [9.17, 15) is 4.79 Å². The third kappa shape index (κ3) is 4.91. The summed E-state index contributed by atoms with van der Waals surface area (Å²) in [6.07, 6.45) is 3.66. The predicted octanol–water partition coefficient (Wildman–Crippen LogP) is 2.00. The Bertz CT molecular complexity index is 389. The van der Waals surface area contributed by atoms with Crippen molar-refractivity contribution in [2.24, 2.45) is 5.92 Å². The largest absolute Gasteiger partial charge is 0.396 e. The fraction of sp³-hybridized carbons (Fsp3) is 0.500. The Morgan fingerprint density at radius 2 is 2.22 bits per heavy atom. The van der Waals surface area contributed by atoms with Gasteiger partial charge in [0.05, 0.1) is 22.0 Å². The van der Waals surface area contributed by atoms with E-state index in [0.29, 0.717) is 31.1 Å². The van der Waals surface area contributed by atoms with Crippen LogP contribution >= 0.6 is 15.9 Å². The van der Waals surface area contributed by atoms with Crippen molar-refractivity contribution in [2.45, 2.75) is 20.3 Å². The predicted molar refractivity (Wildman–Crippen MR) is 77.3 cm³/mol. The van der Waals surface area contributed by atoms with Crippen molar-refractivity contribution in [3.8, 4) is 0 Å². The average Bonchev–Trinajstić information content (AvgIpc) is 2.30. The number of carbonyl (C=O) groups is 1. The van der Waals surface area contributed by atoms with Gasteiger partial charge in [0, 0.05) is 25.7 Å². The minimum absolute atomic E-state index is 0.0416. The number of halogens is 1. The van der Waals surface area contributed by atoms with Gasteiger partial charge in [0.25, 0.3) is 0 Å². The molecule has 1 aromatic rings. The number of nitrogens with two attached hydrogens (primary N) is 1. The smallest absolute Gasteiger partial charge is 0.221 e. The Balaban J connectivity index is 2.35. The lowest BCUT2D eigenvalue weighted by atomic mass is 10.2. The van der Waals surface area contributed by atoms with Crippen LogP contribution in [0.25, 0.3) is 0 Å². The van der Waals surface area contributed by atoms with Crippen molar-refractivity contribution >= 4 is 33.2 Å². The van der Waals surface area contributed by atoms with Gasteiger partial charge in [-0.25, -0.2) is 0 Å². The summed E-state index contributed by atoms with van der Waals surface area (Å²) in [4.78, 5) is 15.4. The van der Waals surface area contributed by atoms with Gasteiger partial charge >= 0.3 is 0 Å². The lowest BCUT2D eigenvalue weighted by molar-refractivity contribution is -0.120. The molecule has 0 aliphatic rings. The highest BCUT2D eigenvalue weighted by molar-refractivity contribution is 9.10. The van der Waals surface area contributed by atoms with Gasteiger partial charge in [0.15, 0.2) is 0 Å². The first-order valence-electron chi connectivity index (χ1n) is 5.90. The highest BCUT2D eigenvalue weighted by Crippen LogP contribution is 2.26. The molecule has 0 saturated heterocycles. The number of pyridine rings is 1. The number of hydrogen-bond donors (Lipinski definition) is 3. The number of anilines is 2. The Morgan fingerprint density at radius 1 is 1.50 bits per heavy atom. The zero-order valence-electron chi connectivity index (χ0n) is 10.7. The van der Waals surface area contributed by atoms with Crippen molar-refractivity contribution in [1.82, 2.24) is 10.3 Å². The van der Waals surface area contributed by atoms with Gasteiger partial charge in [-0.05, 0) is 21.8 Å². The van der Waals surface area contributed by atoms with Crippen molar-refractivity contribution in [3.05, 3.63) is 16.9 Å². The molecule has 1 rings (SSSR count). The summed E-state index contributed by atoms with van der Waals surface area (Å²) in [6.45, 7) is 5.37. The second kappa shape index (κ2) is 7.20. The maximum absolute atomic E-state index is 11.5. The summed E-state index contributed by atoms with van der Waals surface area (Å²) < 4.78 is 0.796. The first-order chi connectivity index (χ1) is 8.50. The Hall–Kier alpha value is -1.30. The van der Waals surface area contributed by atoms with E-state index in [1.807, 2.05) is 0 Å². The van der Waals surface area contributed by atoms with Crippen LogP contribution < -0.4 is 16.4 Å². The molecule has 0 spiro atoms. The molecular formula is C12H19BrN4O. The zero-order chi connectivity index (χ0) is 13.5. The summed E-state index contributed by atoms with van der Waals surface area (Å²) in [5, 5.41) is 5.99. The molecule has 0 aromatic carbocycles. The zero-order valence-corrected chi connectivity index (χ0v) is 12.3. The number of hydrogen-bond acceptors (Lipinski definition) is 4. The molecule has 0 bridgehead atoms. The number of aromatic nitrogens is 1. The Kier molecular flexibility index (Phi) is 5.91. The highest BCUT2D eigenvalue weighted by atomic mass is 79.9. The van der Waals surface area contributed by atoms with Gasteiger partial charge in [0.1, 0.15) is 0 Å². The van der Waals surface area contributed by atoms with Crippen LogP contribution in [0.5, 0.6) is 0 Å². The summed E-state index contributed by atoms with van der Waals surface area (Å²) in [5.74, 6) is 0.506. The van der Waals surface area contributed by atoms with Gasteiger partial charge in [-0.1, -0.05) is 13.8 Å². The van der Waals surface area contributed by atoms with Gasteiger partial charge in [-0.15, -0.1) is 0 Å². The van der Waals surface area contributed by atoms with E-state index in [1.54, 1.807) is 12.4 Å². The van der Waals surface area contributed by atoms with E-state index in [1.165, 1.54) is 0 Å². The molecule has 4 N–H and O–H groups in total. The van der Waals surface area contributed by atoms with Crippen molar-refractivity contribution in [1.29, 1.82) is 0 Å². The van der Waals surface area contributed by atoms with E-state index in [2.05, 4.69) is 45.4 Å². The molecule has 0 aliphatic heterocycles. The molecule has 100 valence electrons. The topological polar surface area (TPSA) is 80.0 Å². The lowest BCUT2D eigenvalue weighted by Gasteiger charge is -2.11. The summed E-state index contributed by atoms with van der Waals surface area (Å²) >= 11 is 3.36. The monoisotopic (exact) mass is 314 g/mol. The van der Waals surface area contributed by atoms with Crippen LogP contribution in [0.2, 0.25) is 0 Å². The third-order valence-corrected chi connectivity index (χ3v) is 2.89.